The third kappa shape index (κ3) is 0.335. The summed E-state index contributed by atoms with van der Waals surface area (Å²) in [6, 6.07) is 0. The Hall–Kier alpha value is -0.780. The molecule has 0 aliphatic heterocycles. The predicted molar refractivity (Wildman–Crippen MR) is 36.9 cm³/mol. The highest BCUT2D eigenvalue weighted by molar-refractivity contribution is 5.52. The maximum Gasteiger partial charge on any atom is 0.00920 e. The van der Waals surface area contributed by atoms with E-state index in [1.54, 1.807) is 11.1 Å². The van der Waals surface area contributed by atoms with E-state index in [1.807, 2.05) is 0 Å². The first-order valence-corrected chi connectivity index (χ1v) is 3.55. The van der Waals surface area contributed by atoms with Gasteiger partial charge >= 0.3 is 0 Å². The lowest BCUT2D eigenvalue weighted by molar-refractivity contribution is 0.716. The predicted octanol–water partition coefficient (Wildman–Crippen LogP) is 2.06. The molecule has 0 saturated heterocycles. The molecule has 0 aromatic carbocycles. The van der Waals surface area contributed by atoms with Gasteiger partial charge in [-0.25, -0.2) is 0 Å². The molecule has 44 valence electrons. The number of hydrogen-bond acceptors (Lipinski definition) is 0. The Morgan fingerprint density at radius 2 is 1.78 bits per heavy atom. The van der Waals surface area contributed by atoms with Gasteiger partial charge in [0, 0.05) is 5.92 Å². The third-order valence-electron chi connectivity index (χ3n) is 2.59. The molecule has 0 radical (unpaired) electrons. The lowest BCUT2D eigenvalue weighted by atomic mass is 10.0. The first kappa shape index (κ1) is 4.10. The van der Waals surface area contributed by atoms with E-state index in [9.17, 15) is 0 Å². The number of fused-ring (bicyclic) bond motifs is 1. The van der Waals surface area contributed by atoms with Crippen LogP contribution in [0.25, 0.3) is 0 Å². The molecular formula is C9H8. The molecule has 0 spiro atoms. The van der Waals surface area contributed by atoms with Crippen LogP contribution in [0.1, 0.15) is 6.42 Å². The molecule has 3 aliphatic carbocycles. The van der Waals surface area contributed by atoms with E-state index in [4.69, 9.17) is 0 Å². The fourth-order valence-corrected chi connectivity index (χ4v) is 2.18. The van der Waals surface area contributed by atoms with Crippen molar-refractivity contribution in [2.75, 3.05) is 0 Å². The molecule has 2 bridgehead atoms. The lowest BCUT2D eigenvalue weighted by Gasteiger charge is -2.01. The second-order valence-electron chi connectivity index (χ2n) is 3.12. The Bertz CT molecular complexity index is 229. The Kier molecular flexibility index (Phi) is 0.484. The Labute approximate surface area is 54.6 Å². The van der Waals surface area contributed by atoms with Crippen LogP contribution in [0, 0.1) is 11.8 Å². The topological polar surface area (TPSA) is 0 Å². The van der Waals surface area contributed by atoms with Crippen molar-refractivity contribution in [3.8, 4) is 0 Å². The van der Waals surface area contributed by atoms with Crippen molar-refractivity contribution in [3.63, 3.8) is 0 Å². The van der Waals surface area contributed by atoms with Crippen molar-refractivity contribution in [3.05, 3.63) is 35.5 Å². The van der Waals surface area contributed by atoms with Crippen molar-refractivity contribution >= 4 is 0 Å². The maximum absolute atomic E-state index is 2.40. The molecule has 0 N–H and O–H groups in total. The third-order valence-corrected chi connectivity index (χ3v) is 2.59. The zero-order valence-electron chi connectivity index (χ0n) is 5.17. The average Bonchev–Trinajstić information content (AvgIpc) is 2.35. The molecule has 0 fully saturated rings. The van der Waals surface area contributed by atoms with Crippen molar-refractivity contribution in [1.82, 2.24) is 0 Å². The summed E-state index contributed by atoms with van der Waals surface area (Å²) >= 11 is 0. The van der Waals surface area contributed by atoms with E-state index >= 15 is 0 Å². The number of hydrogen-bond donors (Lipinski definition) is 0. The molecule has 0 unspecified atom stereocenters. The van der Waals surface area contributed by atoms with Gasteiger partial charge in [0.15, 0.2) is 0 Å². The molecule has 0 aromatic rings. The number of allylic oxidation sites excluding steroid dienone is 6. The van der Waals surface area contributed by atoms with Crippen molar-refractivity contribution in [2.45, 2.75) is 6.42 Å². The lowest BCUT2D eigenvalue weighted by Crippen LogP contribution is -1.89. The van der Waals surface area contributed by atoms with Crippen molar-refractivity contribution in [2.24, 2.45) is 11.8 Å². The minimum atomic E-state index is 0.801. The zero-order valence-corrected chi connectivity index (χ0v) is 5.17. The van der Waals surface area contributed by atoms with Gasteiger partial charge in [0.05, 0.1) is 0 Å². The molecule has 3 aliphatic rings. The Balaban J connectivity index is 2.33. The van der Waals surface area contributed by atoms with Gasteiger partial charge in [-0.2, -0.15) is 0 Å². The van der Waals surface area contributed by atoms with E-state index < -0.39 is 0 Å². The molecule has 0 heteroatoms. The fraction of sp³-hybridized carbons (Fsp3) is 0.333. The molecule has 0 amide bonds. The maximum atomic E-state index is 2.40. The van der Waals surface area contributed by atoms with Gasteiger partial charge in [0.2, 0.25) is 0 Å². The van der Waals surface area contributed by atoms with Crippen LogP contribution in [0.2, 0.25) is 0 Å². The van der Waals surface area contributed by atoms with Crippen LogP contribution in [0.5, 0.6) is 0 Å². The summed E-state index contributed by atoms with van der Waals surface area (Å²) in [5.41, 5.74) is 3.16. The van der Waals surface area contributed by atoms with Gasteiger partial charge in [-0.1, -0.05) is 24.3 Å². The first-order valence-electron chi connectivity index (χ1n) is 3.55. The van der Waals surface area contributed by atoms with E-state index in [1.165, 1.54) is 6.42 Å². The fourth-order valence-electron chi connectivity index (χ4n) is 2.18. The van der Waals surface area contributed by atoms with Gasteiger partial charge in [0.25, 0.3) is 0 Å². The minimum absolute atomic E-state index is 0.801. The van der Waals surface area contributed by atoms with Gasteiger partial charge < -0.3 is 0 Å². The molecule has 0 aromatic heterocycles. The first-order chi connectivity index (χ1) is 4.43. The summed E-state index contributed by atoms with van der Waals surface area (Å²) in [6.07, 6.45) is 10.7. The van der Waals surface area contributed by atoms with Gasteiger partial charge in [0.1, 0.15) is 0 Å². The van der Waals surface area contributed by atoms with E-state index in [0.29, 0.717) is 0 Å². The largest absolute Gasteiger partial charge is 0.0737 e. The van der Waals surface area contributed by atoms with Gasteiger partial charge in [-0.05, 0) is 23.5 Å². The van der Waals surface area contributed by atoms with E-state index in [2.05, 4.69) is 24.3 Å². The van der Waals surface area contributed by atoms with Gasteiger partial charge in [-0.15, -0.1) is 0 Å². The second kappa shape index (κ2) is 1.06. The molecule has 0 heterocycles. The SMILES string of the molecule is C1=CC2=CC3C=C1C2C3. The van der Waals surface area contributed by atoms with Crippen LogP contribution in [-0.2, 0) is 0 Å². The van der Waals surface area contributed by atoms with Crippen LogP contribution < -0.4 is 0 Å². The summed E-state index contributed by atoms with van der Waals surface area (Å²) in [6.45, 7) is 0. The Morgan fingerprint density at radius 1 is 1.11 bits per heavy atom. The molecule has 0 atom stereocenters. The second-order valence-corrected chi connectivity index (χ2v) is 3.12. The van der Waals surface area contributed by atoms with Crippen LogP contribution in [0.3, 0.4) is 0 Å². The standard InChI is InChI=1S/C9H8/c1-2-8-4-6-3-7(1)9(8)5-6/h1-4,6,9H,5H2. The summed E-state index contributed by atoms with van der Waals surface area (Å²) in [7, 11) is 0. The molecule has 3 rings (SSSR count). The average molecular weight is 116 g/mol. The Morgan fingerprint density at radius 3 is 2.22 bits per heavy atom. The smallest absolute Gasteiger partial charge is 0.00920 e. The van der Waals surface area contributed by atoms with E-state index in [-0.39, 0.29) is 0 Å². The summed E-state index contributed by atoms with van der Waals surface area (Å²) in [5, 5.41) is 0. The summed E-state index contributed by atoms with van der Waals surface area (Å²) < 4.78 is 0. The van der Waals surface area contributed by atoms with Crippen LogP contribution in [0.15, 0.2) is 35.5 Å². The minimum Gasteiger partial charge on any atom is -0.0737 e. The highest BCUT2D eigenvalue weighted by Gasteiger charge is 2.34. The highest BCUT2D eigenvalue weighted by atomic mass is 14.4. The van der Waals surface area contributed by atoms with E-state index in [0.717, 1.165) is 11.8 Å². The molecule has 0 saturated carbocycles. The summed E-state index contributed by atoms with van der Waals surface area (Å²) in [5.74, 6) is 1.63. The van der Waals surface area contributed by atoms with Crippen LogP contribution in [-0.4, -0.2) is 0 Å². The molecule has 0 nitrogen and oxygen atoms in total. The van der Waals surface area contributed by atoms with Gasteiger partial charge in [-0.3, -0.25) is 0 Å². The van der Waals surface area contributed by atoms with Crippen molar-refractivity contribution in [1.29, 1.82) is 0 Å². The molecular weight excluding hydrogens is 108 g/mol. The quantitative estimate of drug-likeness (QED) is 0.454. The number of rotatable bonds is 0. The molecule has 9 heavy (non-hydrogen) atoms. The zero-order chi connectivity index (χ0) is 5.84. The van der Waals surface area contributed by atoms with Crippen LogP contribution >= 0.6 is 0 Å². The van der Waals surface area contributed by atoms with Crippen molar-refractivity contribution < 1.29 is 0 Å². The highest BCUT2D eigenvalue weighted by Crippen LogP contribution is 2.47. The summed E-state index contributed by atoms with van der Waals surface area (Å²) in [4.78, 5) is 0. The monoisotopic (exact) mass is 116 g/mol. The van der Waals surface area contributed by atoms with Crippen LogP contribution in [0.4, 0.5) is 0 Å². The normalized spacial score (nSPS) is 41.8.